The highest BCUT2D eigenvalue weighted by Gasteiger charge is 2.22. The fourth-order valence-corrected chi connectivity index (χ4v) is 3.56. The number of halogens is 1. The summed E-state index contributed by atoms with van der Waals surface area (Å²) in [5, 5.41) is 3.67. The van der Waals surface area contributed by atoms with E-state index in [4.69, 9.17) is 0 Å². The summed E-state index contributed by atoms with van der Waals surface area (Å²) >= 11 is 1.34. The van der Waals surface area contributed by atoms with Crippen LogP contribution in [0.2, 0.25) is 0 Å². The number of rotatable bonds is 5. The third kappa shape index (κ3) is 4.92. The largest absolute Gasteiger partial charge is 0.369 e. The molecule has 1 fully saturated rings. The molecule has 132 valence electrons. The highest BCUT2D eigenvalue weighted by Crippen LogP contribution is 2.23. The van der Waals surface area contributed by atoms with Gasteiger partial charge in [-0.1, -0.05) is 23.9 Å². The van der Waals surface area contributed by atoms with Gasteiger partial charge in [0.2, 0.25) is 5.91 Å². The van der Waals surface area contributed by atoms with Crippen LogP contribution >= 0.6 is 11.8 Å². The van der Waals surface area contributed by atoms with Gasteiger partial charge in [-0.2, -0.15) is 0 Å². The Morgan fingerprint density at radius 3 is 2.80 bits per heavy atom. The van der Waals surface area contributed by atoms with E-state index in [1.807, 2.05) is 24.0 Å². The maximum atomic E-state index is 13.8. The number of nitrogens with one attached hydrogen (secondary N) is 1. The van der Waals surface area contributed by atoms with Crippen LogP contribution in [0, 0.1) is 12.7 Å². The molecule has 0 radical (unpaired) electrons. The quantitative estimate of drug-likeness (QED) is 0.656. The Labute approximate surface area is 151 Å². The summed E-state index contributed by atoms with van der Waals surface area (Å²) in [4.78, 5) is 22.6. The van der Waals surface area contributed by atoms with Crippen LogP contribution in [-0.2, 0) is 4.79 Å². The fraction of sp³-hybridized carbons (Fsp3) is 0.389. The Kier molecular flexibility index (Phi) is 5.86. The van der Waals surface area contributed by atoms with Crippen LogP contribution < -0.4 is 10.2 Å². The summed E-state index contributed by atoms with van der Waals surface area (Å²) in [5.74, 6) is 0.0933. The van der Waals surface area contributed by atoms with Crippen LogP contribution in [0.5, 0.6) is 0 Å². The van der Waals surface area contributed by atoms with Crippen LogP contribution in [0.1, 0.15) is 18.5 Å². The van der Waals surface area contributed by atoms with Crippen LogP contribution in [0.3, 0.4) is 0 Å². The lowest BCUT2D eigenvalue weighted by molar-refractivity contribution is -0.119. The van der Waals surface area contributed by atoms with Gasteiger partial charge in [0.1, 0.15) is 5.82 Å². The number of aromatic nitrogens is 2. The van der Waals surface area contributed by atoms with E-state index in [0.717, 1.165) is 31.6 Å². The second-order valence-corrected chi connectivity index (χ2v) is 6.99. The molecule has 1 aromatic carbocycles. The van der Waals surface area contributed by atoms with E-state index >= 15 is 0 Å². The van der Waals surface area contributed by atoms with Crippen molar-refractivity contribution in [3.63, 3.8) is 0 Å². The molecule has 0 aliphatic carbocycles. The molecule has 1 amide bonds. The molecule has 5 nitrogen and oxygen atoms in total. The van der Waals surface area contributed by atoms with Crippen molar-refractivity contribution >= 4 is 23.4 Å². The number of hydrogen-bond donors (Lipinski definition) is 1. The smallest absolute Gasteiger partial charge is 0.230 e. The number of benzene rings is 1. The fourth-order valence-electron chi connectivity index (χ4n) is 2.87. The second-order valence-electron chi connectivity index (χ2n) is 6.05. The van der Waals surface area contributed by atoms with Crippen molar-refractivity contribution < 1.29 is 9.18 Å². The summed E-state index contributed by atoms with van der Waals surface area (Å²) in [7, 11) is 0. The minimum absolute atomic E-state index is 0.0144. The van der Waals surface area contributed by atoms with Crippen molar-refractivity contribution in [2.24, 2.45) is 0 Å². The van der Waals surface area contributed by atoms with Crippen molar-refractivity contribution in [2.75, 3.05) is 23.7 Å². The molecular formula is C18H21FN4OS. The number of amides is 1. The van der Waals surface area contributed by atoms with E-state index < -0.39 is 0 Å². The number of anilines is 1. The summed E-state index contributed by atoms with van der Waals surface area (Å²) < 4.78 is 13.8. The number of carbonyl (C=O) groups excluding carboxylic acids is 1. The van der Waals surface area contributed by atoms with Crippen LogP contribution in [0.25, 0.3) is 0 Å². The third-order valence-corrected chi connectivity index (χ3v) is 5.02. The van der Waals surface area contributed by atoms with Gasteiger partial charge in [-0.15, -0.1) is 0 Å². The van der Waals surface area contributed by atoms with Gasteiger partial charge in [0.05, 0.1) is 11.4 Å². The first kappa shape index (κ1) is 17.7. The lowest BCUT2D eigenvalue weighted by Gasteiger charge is -2.34. The SMILES string of the molecule is Cc1ccnc(SCC(=O)NC2CCN(c3ccccc3F)CC2)n1. The first-order valence-corrected chi connectivity index (χ1v) is 9.31. The van der Waals surface area contributed by atoms with Crippen molar-refractivity contribution in [3.8, 4) is 0 Å². The van der Waals surface area contributed by atoms with Crippen LogP contribution in [-0.4, -0.2) is 40.8 Å². The zero-order valence-corrected chi connectivity index (χ0v) is 14.9. The van der Waals surface area contributed by atoms with Gasteiger partial charge < -0.3 is 10.2 Å². The van der Waals surface area contributed by atoms with Crippen molar-refractivity contribution in [3.05, 3.63) is 48.0 Å². The number of piperidine rings is 1. The highest BCUT2D eigenvalue weighted by molar-refractivity contribution is 7.99. The minimum atomic E-state index is -0.195. The topological polar surface area (TPSA) is 58.1 Å². The molecule has 0 bridgehead atoms. The highest BCUT2D eigenvalue weighted by atomic mass is 32.2. The van der Waals surface area contributed by atoms with Gasteiger partial charge in [-0.25, -0.2) is 14.4 Å². The molecule has 0 unspecified atom stereocenters. The zero-order valence-electron chi connectivity index (χ0n) is 14.1. The zero-order chi connectivity index (χ0) is 17.6. The summed E-state index contributed by atoms with van der Waals surface area (Å²) in [6.45, 7) is 3.37. The monoisotopic (exact) mass is 360 g/mol. The Bertz CT molecular complexity index is 735. The average molecular weight is 360 g/mol. The summed E-state index contributed by atoms with van der Waals surface area (Å²) in [6, 6.07) is 8.78. The molecule has 1 N–H and O–H groups in total. The molecule has 2 aromatic rings. The van der Waals surface area contributed by atoms with E-state index in [1.165, 1.54) is 17.8 Å². The van der Waals surface area contributed by atoms with Crippen LogP contribution in [0.4, 0.5) is 10.1 Å². The van der Waals surface area contributed by atoms with E-state index in [2.05, 4.69) is 15.3 Å². The number of hydrogen-bond acceptors (Lipinski definition) is 5. The van der Waals surface area contributed by atoms with Gasteiger partial charge in [0, 0.05) is 31.0 Å². The Hall–Kier alpha value is -2.15. The summed E-state index contributed by atoms with van der Waals surface area (Å²) in [5.41, 5.74) is 1.53. The molecule has 0 spiro atoms. The van der Waals surface area contributed by atoms with E-state index in [-0.39, 0.29) is 17.8 Å². The molecule has 2 heterocycles. The van der Waals surface area contributed by atoms with Gasteiger partial charge in [0.25, 0.3) is 0 Å². The third-order valence-electron chi connectivity index (χ3n) is 4.16. The van der Waals surface area contributed by atoms with Crippen molar-refractivity contribution in [2.45, 2.75) is 31.0 Å². The molecule has 1 aliphatic heterocycles. The molecule has 25 heavy (non-hydrogen) atoms. The molecule has 0 atom stereocenters. The number of para-hydroxylation sites is 1. The van der Waals surface area contributed by atoms with Gasteiger partial charge in [0.15, 0.2) is 5.16 Å². The predicted molar refractivity (Wildman–Crippen MR) is 97.3 cm³/mol. The standard InChI is InChI=1S/C18H21FN4OS/c1-13-6-9-20-18(21-13)25-12-17(24)22-14-7-10-23(11-8-14)16-5-3-2-4-15(16)19/h2-6,9,14H,7-8,10-12H2,1H3,(H,22,24). The van der Waals surface area contributed by atoms with Gasteiger partial charge >= 0.3 is 0 Å². The number of carbonyl (C=O) groups is 1. The molecule has 1 saturated heterocycles. The predicted octanol–water partition coefficient (Wildman–Crippen LogP) is 2.80. The Morgan fingerprint density at radius 1 is 1.32 bits per heavy atom. The van der Waals surface area contributed by atoms with Crippen molar-refractivity contribution in [1.82, 2.24) is 15.3 Å². The van der Waals surface area contributed by atoms with E-state index in [0.29, 0.717) is 16.6 Å². The Balaban J connectivity index is 1.44. The van der Waals surface area contributed by atoms with Crippen LogP contribution in [0.15, 0.2) is 41.7 Å². The molecular weight excluding hydrogens is 339 g/mol. The van der Waals surface area contributed by atoms with Gasteiger partial charge in [-0.05, 0) is 38.0 Å². The second kappa shape index (κ2) is 8.29. The molecule has 0 saturated carbocycles. The first-order valence-electron chi connectivity index (χ1n) is 8.33. The molecule has 7 heteroatoms. The lowest BCUT2D eigenvalue weighted by Crippen LogP contribution is -2.45. The first-order chi connectivity index (χ1) is 12.1. The van der Waals surface area contributed by atoms with E-state index in [1.54, 1.807) is 18.3 Å². The normalized spacial score (nSPS) is 15.2. The average Bonchev–Trinajstić information content (AvgIpc) is 2.61. The maximum absolute atomic E-state index is 13.8. The minimum Gasteiger partial charge on any atom is -0.369 e. The molecule has 1 aliphatic rings. The van der Waals surface area contributed by atoms with Gasteiger partial charge in [-0.3, -0.25) is 4.79 Å². The number of nitrogens with zero attached hydrogens (tertiary/aromatic N) is 3. The number of thioether (sulfide) groups is 1. The maximum Gasteiger partial charge on any atom is 0.230 e. The summed E-state index contributed by atoms with van der Waals surface area (Å²) in [6.07, 6.45) is 3.32. The van der Waals surface area contributed by atoms with E-state index in [9.17, 15) is 9.18 Å². The lowest BCUT2D eigenvalue weighted by atomic mass is 10.0. The van der Waals surface area contributed by atoms with Crippen molar-refractivity contribution in [1.29, 1.82) is 0 Å². The molecule has 3 rings (SSSR count). The Morgan fingerprint density at radius 2 is 2.08 bits per heavy atom. The number of aryl methyl sites for hydroxylation is 1. The molecule has 1 aromatic heterocycles.